The molecular weight excluding hydrogens is 430 g/mol. The number of amides is 1. The summed E-state index contributed by atoms with van der Waals surface area (Å²) < 4.78 is 40.3. The first-order valence-corrected chi connectivity index (χ1v) is 12.2. The molecule has 1 saturated carbocycles. The van der Waals surface area contributed by atoms with E-state index in [1.165, 1.54) is 6.07 Å². The first-order valence-electron chi connectivity index (χ1n) is 12.2. The van der Waals surface area contributed by atoms with Gasteiger partial charge in [-0.15, -0.1) is 0 Å². The Morgan fingerprint density at radius 3 is 2.64 bits per heavy atom. The number of piperazine rings is 1. The highest BCUT2D eigenvalue weighted by Crippen LogP contribution is 2.47. The number of likely N-dealkylation sites (tertiary alicyclic amines) is 1. The largest absolute Gasteiger partial charge is 0.450 e. The molecule has 1 atom stereocenters. The van der Waals surface area contributed by atoms with Crippen LogP contribution in [-0.2, 0) is 15.1 Å². The molecule has 0 radical (unpaired) electrons. The van der Waals surface area contributed by atoms with Gasteiger partial charge in [0.15, 0.2) is 5.67 Å². The number of nitrogens with zero attached hydrogens (tertiary/aromatic N) is 4. The summed E-state index contributed by atoms with van der Waals surface area (Å²) in [6.07, 6.45) is 4.81. The van der Waals surface area contributed by atoms with Crippen molar-refractivity contribution in [1.82, 2.24) is 14.8 Å². The van der Waals surface area contributed by atoms with Crippen molar-refractivity contribution in [3.8, 4) is 0 Å². The second-order valence-corrected chi connectivity index (χ2v) is 10.1. The standard InChI is InChI=1S/C24H34F2N4O3/c1-2-33-22(31)30-16-23(17-30)4-3-19(14-23)28-7-9-29(10-8-28)20-13-18(25)15-27-21(20)24(26)5-11-32-12-6-24/h13,15,19H,2-12,14,16-17H2,1H3. The van der Waals surface area contributed by atoms with E-state index in [4.69, 9.17) is 9.47 Å². The zero-order chi connectivity index (χ0) is 23.1. The molecule has 1 aromatic rings. The minimum atomic E-state index is -1.56. The summed E-state index contributed by atoms with van der Waals surface area (Å²) in [5.74, 6) is -0.430. The normalized spacial score (nSPS) is 26.9. The van der Waals surface area contributed by atoms with Crippen LogP contribution in [0.2, 0.25) is 0 Å². The topological polar surface area (TPSA) is 58.1 Å². The predicted octanol–water partition coefficient (Wildman–Crippen LogP) is 3.33. The number of hydrogen-bond acceptors (Lipinski definition) is 6. The fourth-order valence-corrected chi connectivity index (χ4v) is 6.16. The fourth-order valence-electron chi connectivity index (χ4n) is 6.16. The van der Waals surface area contributed by atoms with E-state index in [0.29, 0.717) is 37.2 Å². The van der Waals surface area contributed by atoms with Crippen LogP contribution in [-0.4, -0.2) is 86.0 Å². The van der Waals surface area contributed by atoms with Crippen molar-refractivity contribution in [3.05, 3.63) is 23.8 Å². The summed E-state index contributed by atoms with van der Waals surface area (Å²) in [5.41, 5.74) is -0.386. The van der Waals surface area contributed by atoms with E-state index in [1.54, 1.807) is 0 Å². The van der Waals surface area contributed by atoms with Gasteiger partial charge in [0.05, 0.1) is 31.7 Å². The molecule has 1 aromatic heterocycles. The van der Waals surface area contributed by atoms with E-state index in [2.05, 4.69) is 14.8 Å². The molecule has 7 nitrogen and oxygen atoms in total. The number of carbonyl (C=O) groups is 1. The van der Waals surface area contributed by atoms with Gasteiger partial charge < -0.3 is 19.3 Å². The molecule has 5 rings (SSSR count). The molecule has 9 heteroatoms. The first-order chi connectivity index (χ1) is 15.9. The SMILES string of the molecule is CCOC(=O)N1CC2(CCC(N3CCN(c4cc(F)cnc4C4(F)CCOCC4)CC3)C2)C1. The highest BCUT2D eigenvalue weighted by molar-refractivity contribution is 5.69. The average molecular weight is 465 g/mol. The molecule has 4 fully saturated rings. The number of alkyl halides is 1. The van der Waals surface area contributed by atoms with E-state index in [9.17, 15) is 9.18 Å². The maximum absolute atomic E-state index is 15.7. The van der Waals surface area contributed by atoms with Crippen molar-refractivity contribution in [2.75, 3.05) is 64.0 Å². The van der Waals surface area contributed by atoms with Crippen molar-refractivity contribution in [2.45, 2.75) is 50.7 Å². The molecule has 0 bridgehead atoms. The van der Waals surface area contributed by atoms with E-state index in [-0.39, 0.29) is 24.3 Å². The second-order valence-electron chi connectivity index (χ2n) is 10.1. The van der Waals surface area contributed by atoms with Crippen LogP contribution in [0.1, 0.15) is 44.7 Å². The van der Waals surface area contributed by atoms with Crippen LogP contribution in [0.5, 0.6) is 0 Å². The van der Waals surface area contributed by atoms with Gasteiger partial charge in [-0.2, -0.15) is 0 Å². The Morgan fingerprint density at radius 2 is 1.94 bits per heavy atom. The van der Waals surface area contributed by atoms with Gasteiger partial charge in [-0.1, -0.05) is 0 Å². The van der Waals surface area contributed by atoms with Crippen molar-refractivity contribution < 1.29 is 23.0 Å². The Bertz CT molecular complexity index is 865. The number of halogens is 2. The maximum atomic E-state index is 15.7. The summed E-state index contributed by atoms with van der Waals surface area (Å²) in [7, 11) is 0. The number of ether oxygens (including phenoxy) is 2. The minimum Gasteiger partial charge on any atom is -0.450 e. The number of aromatic nitrogens is 1. The Labute approximate surface area is 194 Å². The Kier molecular flexibility index (Phi) is 6.20. The minimum absolute atomic E-state index is 0.199. The third-order valence-electron chi connectivity index (χ3n) is 7.97. The predicted molar refractivity (Wildman–Crippen MR) is 119 cm³/mol. The first kappa shape index (κ1) is 22.8. The molecule has 1 unspecified atom stereocenters. The molecular formula is C24H34F2N4O3. The molecule has 33 heavy (non-hydrogen) atoms. The van der Waals surface area contributed by atoms with Gasteiger partial charge in [0.25, 0.3) is 0 Å². The van der Waals surface area contributed by atoms with Crippen LogP contribution >= 0.6 is 0 Å². The number of rotatable bonds is 4. The molecule has 3 aliphatic heterocycles. The van der Waals surface area contributed by atoms with E-state index < -0.39 is 11.5 Å². The monoisotopic (exact) mass is 464 g/mol. The van der Waals surface area contributed by atoms with Gasteiger partial charge in [0.2, 0.25) is 0 Å². The molecule has 0 N–H and O–H groups in total. The van der Waals surface area contributed by atoms with Gasteiger partial charge in [-0.25, -0.2) is 13.6 Å². The van der Waals surface area contributed by atoms with E-state index >= 15 is 4.39 Å². The van der Waals surface area contributed by atoms with Gasteiger partial charge >= 0.3 is 6.09 Å². The van der Waals surface area contributed by atoms with Crippen molar-refractivity contribution in [1.29, 1.82) is 0 Å². The Balaban J connectivity index is 1.20. The van der Waals surface area contributed by atoms with Gasteiger partial charge in [-0.05, 0) is 26.2 Å². The molecule has 4 aliphatic rings. The lowest BCUT2D eigenvalue weighted by Gasteiger charge is -2.48. The summed E-state index contributed by atoms with van der Waals surface area (Å²) in [4.78, 5) is 22.6. The van der Waals surface area contributed by atoms with Crippen LogP contribution in [0, 0.1) is 11.2 Å². The molecule has 4 heterocycles. The summed E-state index contributed by atoms with van der Waals surface area (Å²) in [5, 5.41) is 0. The van der Waals surface area contributed by atoms with E-state index in [0.717, 1.165) is 64.7 Å². The fraction of sp³-hybridized carbons (Fsp3) is 0.750. The highest BCUT2D eigenvalue weighted by Gasteiger charge is 2.51. The van der Waals surface area contributed by atoms with Crippen LogP contribution < -0.4 is 4.90 Å². The summed E-state index contributed by atoms with van der Waals surface area (Å²) in [6, 6.07) is 1.95. The third kappa shape index (κ3) is 4.41. The van der Waals surface area contributed by atoms with Crippen LogP contribution in [0.3, 0.4) is 0 Å². The molecule has 1 spiro atoms. The van der Waals surface area contributed by atoms with Gasteiger partial charge in [-0.3, -0.25) is 9.88 Å². The van der Waals surface area contributed by atoms with Crippen LogP contribution in [0.25, 0.3) is 0 Å². The van der Waals surface area contributed by atoms with Crippen molar-refractivity contribution in [2.24, 2.45) is 5.41 Å². The van der Waals surface area contributed by atoms with Gasteiger partial charge in [0.1, 0.15) is 11.5 Å². The molecule has 1 aliphatic carbocycles. The lowest BCUT2D eigenvalue weighted by molar-refractivity contribution is -0.0136. The Morgan fingerprint density at radius 1 is 1.21 bits per heavy atom. The molecule has 3 saturated heterocycles. The number of pyridine rings is 1. The zero-order valence-corrected chi connectivity index (χ0v) is 19.4. The highest BCUT2D eigenvalue weighted by atomic mass is 19.1. The van der Waals surface area contributed by atoms with Crippen LogP contribution in [0.15, 0.2) is 12.3 Å². The average Bonchev–Trinajstić information content (AvgIpc) is 3.25. The quantitative estimate of drug-likeness (QED) is 0.682. The van der Waals surface area contributed by atoms with Crippen molar-refractivity contribution >= 4 is 11.8 Å². The number of hydrogen-bond donors (Lipinski definition) is 0. The maximum Gasteiger partial charge on any atom is 0.409 e. The number of carbonyl (C=O) groups excluding carboxylic acids is 1. The lowest BCUT2D eigenvalue weighted by Crippen LogP contribution is -2.58. The zero-order valence-electron chi connectivity index (χ0n) is 19.4. The number of anilines is 1. The molecule has 1 amide bonds. The van der Waals surface area contributed by atoms with Crippen LogP contribution in [0.4, 0.5) is 19.3 Å². The third-order valence-corrected chi connectivity index (χ3v) is 7.97. The summed E-state index contributed by atoms with van der Waals surface area (Å²) in [6.45, 7) is 7.73. The summed E-state index contributed by atoms with van der Waals surface area (Å²) >= 11 is 0. The van der Waals surface area contributed by atoms with E-state index in [1.807, 2.05) is 11.8 Å². The lowest BCUT2D eigenvalue weighted by atomic mass is 9.78. The molecule has 182 valence electrons. The van der Waals surface area contributed by atoms with Crippen molar-refractivity contribution in [3.63, 3.8) is 0 Å². The second kappa shape index (κ2) is 8.98. The smallest absolute Gasteiger partial charge is 0.409 e. The Hall–Kier alpha value is -2.00. The van der Waals surface area contributed by atoms with Gasteiger partial charge in [0, 0.05) is 69.6 Å². The molecule has 0 aromatic carbocycles.